The van der Waals surface area contributed by atoms with Crippen molar-refractivity contribution in [1.29, 1.82) is 0 Å². The fourth-order valence-corrected chi connectivity index (χ4v) is 2.52. The molecular formula is C11H10O6S. The molecular weight excluding hydrogens is 260 g/mol. The standard InChI is InChI=1S/C11H10O6S/c1-2-16-11(13)8-5-7-3-4-10(8)17-18(14,15)6-9(7)12/h3-5H,2,6H2,1H3. The van der Waals surface area contributed by atoms with Crippen LogP contribution in [0.25, 0.3) is 0 Å². The number of ether oxygens (including phenoxy) is 1. The van der Waals surface area contributed by atoms with E-state index in [0.29, 0.717) is 0 Å². The van der Waals surface area contributed by atoms with Crippen molar-refractivity contribution in [2.75, 3.05) is 12.4 Å². The smallest absolute Gasteiger partial charge is 0.341 e. The van der Waals surface area contributed by atoms with Gasteiger partial charge in [-0.15, -0.1) is 0 Å². The zero-order valence-electron chi connectivity index (χ0n) is 9.50. The Labute approximate surface area is 104 Å². The maximum Gasteiger partial charge on any atom is 0.341 e. The van der Waals surface area contributed by atoms with Gasteiger partial charge in [0.2, 0.25) is 0 Å². The lowest BCUT2D eigenvalue weighted by molar-refractivity contribution is 0.0524. The van der Waals surface area contributed by atoms with Crippen molar-refractivity contribution < 1.29 is 26.9 Å². The van der Waals surface area contributed by atoms with E-state index < -0.39 is 27.6 Å². The molecule has 2 bridgehead atoms. The Kier molecular flexibility index (Phi) is 3.08. The highest BCUT2D eigenvalue weighted by Gasteiger charge is 2.28. The summed E-state index contributed by atoms with van der Waals surface area (Å²) in [7, 11) is -4.01. The van der Waals surface area contributed by atoms with E-state index in [1.165, 1.54) is 18.2 Å². The van der Waals surface area contributed by atoms with Crippen molar-refractivity contribution in [1.82, 2.24) is 0 Å². The van der Waals surface area contributed by atoms with Crippen LogP contribution in [-0.2, 0) is 14.9 Å². The quantitative estimate of drug-likeness (QED) is 0.582. The van der Waals surface area contributed by atoms with E-state index in [0.717, 1.165) is 0 Å². The molecule has 0 atom stereocenters. The van der Waals surface area contributed by atoms with Gasteiger partial charge in [0.05, 0.1) is 6.61 Å². The molecule has 1 aromatic rings. The number of carbonyl (C=O) groups is 2. The molecule has 0 radical (unpaired) electrons. The summed E-state index contributed by atoms with van der Waals surface area (Å²) in [4.78, 5) is 23.2. The van der Waals surface area contributed by atoms with Crippen LogP contribution in [0.3, 0.4) is 0 Å². The van der Waals surface area contributed by atoms with Crippen molar-refractivity contribution >= 4 is 21.9 Å². The normalized spacial score (nSPS) is 16.6. The third kappa shape index (κ3) is 2.35. The monoisotopic (exact) mass is 270 g/mol. The van der Waals surface area contributed by atoms with Crippen LogP contribution in [0, 0.1) is 0 Å². The maximum atomic E-state index is 11.6. The molecule has 18 heavy (non-hydrogen) atoms. The van der Waals surface area contributed by atoms with Gasteiger partial charge in [0.25, 0.3) is 0 Å². The van der Waals surface area contributed by atoms with E-state index in [2.05, 4.69) is 0 Å². The van der Waals surface area contributed by atoms with Crippen molar-refractivity contribution in [3.63, 3.8) is 0 Å². The van der Waals surface area contributed by atoms with E-state index in [1.807, 2.05) is 0 Å². The van der Waals surface area contributed by atoms with Gasteiger partial charge in [0.15, 0.2) is 11.5 Å². The van der Waals surface area contributed by atoms with Crippen molar-refractivity contribution in [3.05, 3.63) is 29.3 Å². The second kappa shape index (κ2) is 4.41. The largest absolute Gasteiger partial charge is 0.462 e. The van der Waals surface area contributed by atoms with Gasteiger partial charge < -0.3 is 8.92 Å². The minimum absolute atomic E-state index is 0.0639. The second-order valence-electron chi connectivity index (χ2n) is 3.64. The molecule has 0 unspecified atom stereocenters. The Bertz CT molecular complexity index is 616. The third-order valence-corrected chi connectivity index (χ3v) is 3.37. The van der Waals surface area contributed by atoms with Crippen LogP contribution in [-0.4, -0.2) is 32.5 Å². The van der Waals surface area contributed by atoms with Crippen molar-refractivity contribution in [2.24, 2.45) is 0 Å². The lowest BCUT2D eigenvalue weighted by atomic mass is 10.1. The molecule has 0 amide bonds. The van der Waals surface area contributed by atoms with Crippen LogP contribution in [0.15, 0.2) is 18.2 Å². The molecule has 7 heteroatoms. The molecule has 2 aliphatic rings. The Balaban J connectivity index is 2.56. The molecule has 0 saturated heterocycles. The number of rotatable bonds is 2. The van der Waals surface area contributed by atoms with Crippen LogP contribution >= 0.6 is 0 Å². The highest BCUT2D eigenvalue weighted by atomic mass is 32.2. The maximum absolute atomic E-state index is 11.6. The topological polar surface area (TPSA) is 86.7 Å². The van der Waals surface area contributed by atoms with Gasteiger partial charge in [-0.3, -0.25) is 4.79 Å². The Morgan fingerprint density at radius 3 is 2.83 bits per heavy atom. The van der Waals surface area contributed by atoms with Gasteiger partial charge in [0.1, 0.15) is 11.3 Å². The molecule has 0 aliphatic carbocycles. The fraction of sp³-hybridized carbons (Fsp3) is 0.273. The minimum Gasteiger partial charge on any atom is -0.462 e. The van der Waals surface area contributed by atoms with Crippen molar-refractivity contribution in [3.8, 4) is 5.75 Å². The van der Waals surface area contributed by atoms with Crippen molar-refractivity contribution in [2.45, 2.75) is 6.92 Å². The first-order valence-electron chi connectivity index (χ1n) is 5.19. The summed E-state index contributed by atoms with van der Waals surface area (Å²) >= 11 is 0. The highest BCUT2D eigenvalue weighted by Crippen LogP contribution is 2.26. The molecule has 0 spiro atoms. The predicted molar refractivity (Wildman–Crippen MR) is 61.1 cm³/mol. The number of carbonyl (C=O) groups excluding carboxylic acids is 2. The SMILES string of the molecule is CCOC(=O)c1cc2ccc1OS(=O)(=O)CC2=O. The van der Waals surface area contributed by atoms with E-state index in [9.17, 15) is 18.0 Å². The Morgan fingerprint density at radius 1 is 1.44 bits per heavy atom. The summed E-state index contributed by atoms with van der Waals surface area (Å²) in [6, 6.07) is 3.97. The highest BCUT2D eigenvalue weighted by molar-refractivity contribution is 7.87. The molecule has 3 rings (SSSR count). The Morgan fingerprint density at radius 2 is 2.17 bits per heavy atom. The number of ketones is 1. The first kappa shape index (κ1) is 12.6. The molecule has 0 aromatic heterocycles. The van der Waals surface area contributed by atoms with Crippen LogP contribution in [0.5, 0.6) is 5.75 Å². The minimum atomic E-state index is -4.01. The van der Waals surface area contributed by atoms with Crippen LogP contribution < -0.4 is 4.18 Å². The molecule has 6 nitrogen and oxygen atoms in total. The second-order valence-corrected chi connectivity index (χ2v) is 5.21. The first-order valence-corrected chi connectivity index (χ1v) is 6.77. The summed E-state index contributed by atoms with van der Waals surface area (Å²) in [5, 5.41) is 0. The van der Waals surface area contributed by atoms with Gasteiger partial charge in [-0.1, -0.05) is 0 Å². The molecule has 0 saturated carbocycles. The van der Waals surface area contributed by atoms with Crippen LogP contribution in [0.2, 0.25) is 0 Å². The number of hydrogen-bond donors (Lipinski definition) is 0. The molecule has 1 aromatic carbocycles. The summed E-state index contributed by atoms with van der Waals surface area (Å²) in [6.45, 7) is 1.76. The van der Waals surface area contributed by atoms with Gasteiger partial charge in [-0.2, -0.15) is 8.42 Å². The molecule has 96 valence electrons. The third-order valence-electron chi connectivity index (χ3n) is 2.32. The zero-order valence-corrected chi connectivity index (χ0v) is 10.3. The van der Waals surface area contributed by atoms with E-state index in [-0.39, 0.29) is 23.5 Å². The van der Waals surface area contributed by atoms with Gasteiger partial charge in [0, 0.05) is 5.56 Å². The van der Waals surface area contributed by atoms with E-state index in [1.54, 1.807) is 6.92 Å². The number of benzene rings is 1. The number of hydrogen-bond acceptors (Lipinski definition) is 6. The van der Waals surface area contributed by atoms with E-state index >= 15 is 0 Å². The summed E-state index contributed by atoms with van der Waals surface area (Å²) < 4.78 is 32.4. The predicted octanol–water partition coefficient (Wildman–Crippen LogP) is 0.768. The van der Waals surface area contributed by atoms with Gasteiger partial charge >= 0.3 is 16.1 Å². The lowest BCUT2D eigenvalue weighted by Gasteiger charge is -2.15. The van der Waals surface area contributed by atoms with Gasteiger partial charge in [-0.05, 0) is 25.1 Å². The van der Waals surface area contributed by atoms with Crippen LogP contribution in [0.4, 0.5) is 0 Å². The van der Waals surface area contributed by atoms with Crippen LogP contribution in [0.1, 0.15) is 27.6 Å². The summed E-state index contributed by atoms with van der Waals surface area (Å²) in [5.41, 5.74) is 0.0830. The fourth-order valence-electron chi connectivity index (χ4n) is 1.55. The molecule has 2 heterocycles. The molecule has 2 aliphatic heterocycles. The number of esters is 1. The first-order chi connectivity index (χ1) is 8.43. The zero-order chi connectivity index (χ0) is 13.3. The van der Waals surface area contributed by atoms with Gasteiger partial charge in [-0.25, -0.2) is 4.79 Å². The lowest BCUT2D eigenvalue weighted by Crippen LogP contribution is -2.25. The molecule has 0 fully saturated rings. The summed E-state index contributed by atoms with van der Waals surface area (Å²) in [6.07, 6.45) is 0. The Hall–Kier alpha value is -1.89. The average Bonchev–Trinajstić information content (AvgIpc) is 2.26. The number of Topliss-reactive ketones (excluding diaryl/α,β-unsaturated/α-hetero) is 1. The molecule has 0 N–H and O–H groups in total. The average molecular weight is 270 g/mol. The summed E-state index contributed by atoms with van der Waals surface area (Å²) in [5.74, 6) is -2.20. The van der Waals surface area contributed by atoms with E-state index in [4.69, 9.17) is 8.92 Å². The number of fused-ring (bicyclic) bond motifs is 5.